The van der Waals surface area contributed by atoms with Gasteiger partial charge in [0.05, 0.1) is 0 Å². The van der Waals surface area contributed by atoms with Crippen molar-refractivity contribution in [2.75, 3.05) is 18.0 Å². The van der Waals surface area contributed by atoms with Crippen molar-refractivity contribution in [2.24, 2.45) is 7.05 Å². The minimum atomic E-state index is -0.584. The summed E-state index contributed by atoms with van der Waals surface area (Å²) in [5.74, 6) is 1.93. The number of imidazole rings is 1. The number of pyridine rings is 1. The van der Waals surface area contributed by atoms with E-state index in [4.69, 9.17) is 4.74 Å². The summed E-state index contributed by atoms with van der Waals surface area (Å²) >= 11 is 0. The molecule has 0 N–H and O–H groups in total. The lowest BCUT2D eigenvalue weighted by Crippen LogP contribution is -2.36. The van der Waals surface area contributed by atoms with Gasteiger partial charge in [-0.05, 0) is 32.8 Å². The van der Waals surface area contributed by atoms with Crippen LogP contribution in [0.3, 0.4) is 0 Å². The van der Waals surface area contributed by atoms with Crippen LogP contribution in [0.25, 0.3) is 0 Å². The number of aromatic nitrogens is 3. The summed E-state index contributed by atoms with van der Waals surface area (Å²) in [6.07, 6.45) is 7.76. The molecule has 1 atom stereocenters. The smallest absolute Gasteiger partial charge is 0.343 e. The van der Waals surface area contributed by atoms with Crippen LogP contribution in [-0.2, 0) is 17.4 Å². The highest BCUT2D eigenvalue weighted by molar-refractivity contribution is 5.99. The number of cyclic esters (lactones) is 1. The number of hydrogen-bond donors (Lipinski definition) is 0. The first-order valence-corrected chi connectivity index (χ1v) is 8.42. The van der Waals surface area contributed by atoms with Gasteiger partial charge in [0.15, 0.2) is 0 Å². The Kier molecular flexibility index (Phi) is 3.37. The average Bonchev–Trinajstić information content (AvgIpc) is 3.09. The number of piperidine rings is 1. The van der Waals surface area contributed by atoms with Gasteiger partial charge in [0.1, 0.15) is 22.8 Å². The fraction of sp³-hybridized carbons (Fsp3) is 0.500. The molecule has 0 amide bonds. The van der Waals surface area contributed by atoms with Crippen molar-refractivity contribution in [1.29, 1.82) is 0 Å². The number of aryl methyl sites for hydroxylation is 1. The zero-order chi connectivity index (χ0) is 16.9. The van der Waals surface area contributed by atoms with E-state index in [-0.39, 0.29) is 5.97 Å². The second kappa shape index (κ2) is 5.33. The topological polar surface area (TPSA) is 60.2 Å². The number of carbonyl (C=O) groups is 1. The molecule has 126 valence electrons. The maximum atomic E-state index is 12.4. The lowest BCUT2D eigenvalue weighted by molar-refractivity contribution is 0.00956. The number of anilines is 1. The van der Waals surface area contributed by atoms with Crippen molar-refractivity contribution in [3.63, 3.8) is 0 Å². The number of ether oxygens (including phenoxy) is 1. The van der Waals surface area contributed by atoms with Crippen LogP contribution >= 0.6 is 0 Å². The van der Waals surface area contributed by atoms with E-state index < -0.39 is 5.60 Å². The zero-order valence-electron chi connectivity index (χ0n) is 14.3. The van der Waals surface area contributed by atoms with Crippen molar-refractivity contribution in [1.82, 2.24) is 14.5 Å². The van der Waals surface area contributed by atoms with Gasteiger partial charge >= 0.3 is 5.97 Å². The van der Waals surface area contributed by atoms with E-state index in [2.05, 4.69) is 19.4 Å². The molecule has 6 nitrogen and oxygen atoms in total. The second-order valence-corrected chi connectivity index (χ2v) is 7.14. The lowest BCUT2D eigenvalue weighted by atomic mass is 9.94. The molecule has 2 aliphatic heterocycles. The van der Waals surface area contributed by atoms with Gasteiger partial charge < -0.3 is 14.2 Å². The molecule has 4 rings (SSSR count). The summed E-state index contributed by atoms with van der Waals surface area (Å²) in [6, 6.07) is 1.89. The Bertz CT molecular complexity index is 796. The summed E-state index contributed by atoms with van der Waals surface area (Å²) in [7, 11) is 2.03. The SMILES string of the molecule is Cn1ccnc1C1CCCN(c2nccc3c2C(=O)OC3(C)C)C1. The molecule has 0 saturated carbocycles. The van der Waals surface area contributed by atoms with Crippen LogP contribution < -0.4 is 4.90 Å². The van der Waals surface area contributed by atoms with E-state index in [1.54, 1.807) is 6.20 Å². The maximum Gasteiger partial charge on any atom is 0.343 e. The summed E-state index contributed by atoms with van der Waals surface area (Å²) in [5.41, 5.74) is 0.971. The van der Waals surface area contributed by atoms with E-state index in [1.807, 2.05) is 39.4 Å². The van der Waals surface area contributed by atoms with Gasteiger partial charge in [-0.3, -0.25) is 0 Å². The Morgan fingerprint density at radius 1 is 1.29 bits per heavy atom. The van der Waals surface area contributed by atoms with E-state index in [0.717, 1.165) is 43.1 Å². The van der Waals surface area contributed by atoms with Crippen molar-refractivity contribution < 1.29 is 9.53 Å². The first kappa shape index (κ1) is 15.2. The van der Waals surface area contributed by atoms with E-state index in [9.17, 15) is 4.79 Å². The van der Waals surface area contributed by atoms with Gasteiger partial charge in [0, 0.05) is 50.2 Å². The van der Waals surface area contributed by atoms with Gasteiger partial charge in [0.2, 0.25) is 0 Å². The Balaban J connectivity index is 1.69. The Labute approximate surface area is 141 Å². The predicted molar refractivity (Wildman–Crippen MR) is 90.1 cm³/mol. The molecule has 2 aliphatic rings. The lowest BCUT2D eigenvalue weighted by Gasteiger charge is -2.34. The molecule has 0 radical (unpaired) electrons. The fourth-order valence-electron chi connectivity index (χ4n) is 3.88. The van der Waals surface area contributed by atoms with Crippen molar-refractivity contribution in [2.45, 2.75) is 38.2 Å². The minimum absolute atomic E-state index is 0.266. The first-order valence-electron chi connectivity index (χ1n) is 8.42. The van der Waals surface area contributed by atoms with Crippen LogP contribution in [0.4, 0.5) is 5.82 Å². The standard InChI is InChI=1S/C18H22N4O2/c1-18(2)13-6-7-19-16(14(13)17(23)24-18)22-9-4-5-12(11-22)15-20-8-10-21(15)3/h6-8,10,12H,4-5,9,11H2,1-3H3. The van der Waals surface area contributed by atoms with Gasteiger partial charge in [-0.25, -0.2) is 14.8 Å². The van der Waals surface area contributed by atoms with Crippen LogP contribution in [0.2, 0.25) is 0 Å². The van der Waals surface area contributed by atoms with Gasteiger partial charge in [-0.1, -0.05) is 0 Å². The molecule has 1 unspecified atom stereocenters. The summed E-state index contributed by atoms with van der Waals surface area (Å²) in [4.78, 5) is 23.6. The van der Waals surface area contributed by atoms with Gasteiger partial charge in [-0.2, -0.15) is 0 Å². The Morgan fingerprint density at radius 3 is 2.88 bits per heavy atom. The molecule has 2 aromatic heterocycles. The average molecular weight is 326 g/mol. The van der Waals surface area contributed by atoms with E-state index >= 15 is 0 Å². The summed E-state index contributed by atoms with van der Waals surface area (Å²) in [5, 5.41) is 0. The molecule has 24 heavy (non-hydrogen) atoms. The highest BCUT2D eigenvalue weighted by Crippen LogP contribution is 2.40. The maximum absolute atomic E-state index is 12.4. The highest BCUT2D eigenvalue weighted by Gasteiger charge is 2.41. The zero-order valence-corrected chi connectivity index (χ0v) is 14.3. The molecule has 0 bridgehead atoms. The van der Waals surface area contributed by atoms with E-state index in [1.165, 1.54) is 0 Å². The number of esters is 1. The fourth-order valence-corrected chi connectivity index (χ4v) is 3.88. The predicted octanol–water partition coefficient (Wildman–Crippen LogP) is 2.60. The summed E-state index contributed by atoms with van der Waals surface area (Å²) < 4.78 is 7.62. The molecule has 0 aliphatic carbocycles. The third-order valence-corrected chi connectivity index (χ3v) is 5.08. The molecule has 6 heteroatoms. The summed E-state index contributed by atoms with van der Waals surface area (Å²) in [6.45, 7) is 5.57. The molecule has 0 spiro atoms. The molecular weight excluding hydrogens is 304 g/mol. The van der Waals surface area contributed by atoms with Crippen LogP contribution in [0.1, 0.15) is 54.4 Å². The monoisotopic (exact) mass is 326 g/mol. The van der Waals surface area contributed by atoms with Crippen molar-refractivity contribution in [3.05, 3.63) is 41.6 Å². The quantitative estimate of drug-likeness (QED) is 0.794. The van der Waals surface area contributed by atoms with E-state index in [0.29, 0.717) is 11.5 Å². The number of fused-ring (bicyclic) bond motifs is 1. The second-order valence-electron chi connectivity index (χ2n) is 7.14. The Hall–Kier alpha value is -2.37. The normalized spacial score (nSPS) is 22.4. The first-order chi connectivity index (χ1) is 11.5. The number of hydrogen-bond acceptors (Lipinski definition) is 5. The molecular formula is C18H22N4O2. The molecule has 1 saturated heterocycles. The number of rotatable bonds is 2. The number of carbonyl (C=O) groups excluding carboxylic acids is 1. The van der Waals surface area contributed by atoms with Crippen LogP contribution in [0.5, 0.6) is 0 Å². The van der Waals surface area contributed by atoms with Crippen molar-refractivity contribution >= 4 is 11.8 Å². The largest absolute Gasteiger partial charge is 0.451 e. The Morgan fingerprint density at radius 2 is 2.12 bits per heavy atom. The van der Waals surface area contributed by atoms with Gasteiger partial charge in [-0.15, -0.1) is 0 Å². The van der Waals surface area contributed by atoms with Gasteiger partial charge in [0.25, 0.3) is 0 Å². The third kappa shape index (κ3) is 2.28. The highest BCUT2D eigenvalue weighted by atomic mass is 16.6. The minimum Gasteiger partial charge on any atom is -0.451 e. The molecule has 0 aromatic carbocycles. The third-order valence-electron chi connectivity index (χ3n) is 5.08. The van der Waals surface area contributed by atoms with Crippen LogP contribution in [-0.4, -0.2) is 33.6 Å². The molecule has 4 heterocycles. The number of nitrogens with zero attached hydrogens (tertiary/aromatic N) is 4. The van der Waals surface area contributed by atoms with Crippen LogP contribution in [0, 0.1) is 0 Å². The van der Waals surface area contributed by atoms with Crippen molar-refractivity contribution in [3.8, 4) is 0 Å². The van der Waals surface area contributed by atoms with Crippen LogP contribution in [0.15, 0.2) is 24.7 Å². The molecule has 2 aromatic rings. The molecule has 1 fully saturated rings.